The van der Waals surface area contributed by atoms with E-state index in [-0.39, 0.29) is 5.69 Å². The Morgan fingerprint density at radius 3 is 2.29 bits per heavy atom. The Balaban J connectivity index is 1.74. The minimum atomic E-state index is -0.0120. The number of imidazole rings is 1. The van der Waals surface area contributed by atoms with Crippen molar-refractivity contribution in [2.75, 3.05) is 0 Å². The van der Waals surface area contributed by atoms with E-state index in [1.807, 2.05) is 63.7 Å². The first-order valence-electron chi connectivity index (χ1n) is 11.1. The van der Waals surface area contributed by atoms with Gasteiger partial charge in [-0.2, -0.15) is 0 Å². The molecule has 0 spiro atoms. The first kappa shape index (κ1) is 24.6. The molecule has 0 bridgehead atoms. The summed E-state index contributed by atoms with van der Waals surface area (Å²) in [6.45, 7) is 4.43. The number of pyridine rings is 1. The minimum absolute atomic E-state index is 0.0120. The van der Waals surface area contributed by atoms with Crippen LogP contribution in [0, 0.1) is 0 Å². The van der Waals surface area contributed by atoms with Gasteiger partial charge in [-0.15, -0.1) is 0 Å². The minimum Gasteiger partial charge on any atom is -0.307 e. The smallest absolute Gasteiger partial charge is 0.307 e. The summed E-state index contributed by atoms with van der Waals surface area (Å²) in [5.41, 5.74) is 3.14. The highest BCUT2D eigenvalue weighted by Gasteiger charge is 2.21. The zero-order chi connectivity index (χ0) is 23.9. The molecule has 176 valence electrons. The van der Waals surface area contributed by atoms with Crippen LogP contribution in [-0.2, 0) is 26.2 Å². The molecular formula is C26H26Cl2N4OS. The number of hydrogen-bond donors (Lipinski definition) is 1. The van der Waals surface area contributed by atoms with Gasteiger partial charge in [-0.1, -0.05) is 72.2 Å². The zero-order valence-corrected chi connectivity index (χ0v) is 21.2. The molecule has 0 fully saturated rings. The summed E-state index contributed by atoms with van der Waals surface area (Å²) in [6, 6.07) is 19.5. The Morgan fingerprint density at radius 2 is 1.62 bits per heavy atom. The summed E-state index contributed by atoms with van der Waals surface area (Å²) in [4.78, 5) is 18.6. The Bertz CT molecular complexity index is 1270. The number of benzene rings is 2. The van der Waals surface area contributed by atoms with Gasteiger partial charge in [0.25, 0.3) is 0 Å². The Kier molecular flexibility index (Phi) is 8.51. The lowest BCUT2D eigenvalue weighted by molar-refractivity contribution is 0.594. The lowest BCUT2D eigenvalue weighted by Gasteiger charge is -2.12. The molecule has 34 heavy (non-hydrogen) atoms. The zero-order valence-electron chi connectivity index (χ0n) is 18.9. The molecule has 0 unspecified atom stereocenters. The Hall–Kier alpha value is -2.51. The fourth-order valence-corrected chi connectivity index (χ4v) is 5.61. The SMILES string of the molecule is CCCn1c(Sc2cc(Cl)cc(Cl)c2)c(CNCc2ccncc2)n(Cc2ccccc2)c1=O. The molecule has 1 N–H and O–H groups in total. The summed E-state index contributed by atoms with van der Waals surface area (Å²) in [5, 5.41) is 5.56. The van der Waals surface area contributed by atoms with Crippen molar-refractivity contribution < 1.29 is 0 Å². The van der Waals surface area contributed by atoms with Gasteiger partial charge in [-0.3, -0.25) is 14.1 Å². The van der Waals surface area contributed by atoms with Crippen LogP contribution in [0.3, 0.4) is 0 Å². The van der Waals surface area contributed by atoms with Crippen molar-refractivity contribution in [3.05, 3.63) is 110 Å². The summed E-state index contributed by atoms with van der Waals surface area (Å²) in [5.74, 6) is 0. The second-order valence-electron chi connectivity index (χ2n) is 7.92. The van der Waals surface area contributed by atoms with Crippen LogP contribution in [0.1, 0.15) is 30.2 Å². The summed E-state index contributed by atoms with van der Waals surface area (Å²) >= 11 is 14.1. The van der Waals surface area contributed by atoms with Gasteiger partial charge in [0.2, 0.25) is 0 Å². The van der Waals surface area contributed by atoms with Crippen LogP contribution in [-0.4, -0.2) is 14.1 Å². The molecule has 4 aromatic rings. The maximum absolute atomic E-state index is 13.6. The molecule has 2 aromatic carbocycles. The molecule has 2 aromatic heterocycles. The fraction of sp³-hybridized carbons (Fsp3) is 0.231. The van der Waals surface area contributed by atoms with Gasteiger partial charge in [-0.25, -0.2) is 4.79 Å². The third-order valence-electron chi connectivity index (χ3n) is 5.33. The number of nitrogens with one attached hydrogen (secondary N) is 1. The van der Waals surface area contributed by atoms with Crippen molar-refractivity contribution >= 4 is 35.0 Å². The van der Waals surface area contributed by atoms with Crippen LogP contribution in [0.15, 0.2) is 87.8 Å². The molecule has 2 heterocycles. The van der Waals surface area contributed by atoms with Crippen LogP contribution in [0.4, 0.5) is 0 Å². The molecule has 0 aliphatic heterocycles. The van der Waals surface area contributed by atoms with E-state index in [0.717, 1.165) is 33.2 Å². The van der Waals surface area contributed by atoms with E-state index in [0.29, 0.717) is 36.2 Å². The number of halogens is 2. The van der Waals surface area contributed by atoms with E-state index < -0.39 is 0 Å². The van der Waals surface area contributed by atoms with E-state index in [4.69, 9.17) is 23.2 Å². The van der Waals surface area contributed by atoms with E-state index >= 15 is 0 Å². The fourth-order valence-electron chi connectivity index (χ4n) is 3.78. The molecule has 5 nitrogen and oxygen atoms in total. The predicted octanol–water partition coefficient (Wildman–Crippen LogP) is 6.25. The second-order valence-corrected chi connectivity index (χ2v) is 9.86. The number of aromatic nitrogens is 3. The van der Waals surface area contributed by atoms with Crippen molar-refractivity contribution in [2.24, 2.45) is 0 Å². The van der Waals surface area contributed by atoms with Crippen molar-refractivity contribution in [1.82, 2.24) is 19.4 Å². The molecule has 0 aliphatic rings. The lowest BCUT2D eigenvalue weighted by atomic mass is 10.2. The molecular weight excluding hydrogens is 487 g/mol. The van der Waals surface area contributed by atoms with Gasteiger partial charge in [0, 0.05) is 47.0 Å². The van der Waals surface area contributed by atoms with Gasteiger partial charge in [-0.05, 0) is 47.9 Å². The molecule has 0 radical (unpaired) electrons. The van der Waals surface area contributed by atoms with Crippen LogP contribution in [0.25, 0.3) is 0 Å². The summed E-state index contributed by atoms with van der Waals surface area (Å²) in [7, 11) is 0. The quantitative estimate of drug-likeness (QED) is 0.272. The van der Waals surface area contributed by atoms with Crippen molar-refractivity contribution in [3.63, 3.8) is 0 Å². The highest BCUT2D eigenvalue weighted by Crippen LogP contribution is 2.34. The Morgan fingerprint density at radius 1 is 0.912 bits per heavy atom. The third kappa shape index (κ3) is 6.13. The first-order chi connectivity index (χ1) is 16.5. The van der Waals surface area contributed by atoms with Crippen molar-refractivity contribution in [3.8, 4) is 0 Å². The van der Waals surface area contributed by atoms with E-state index in [9.17, 15) is 4.79 Å². The Labute approximate surface area is 213 Å². The normalized spacial score (nSPS) is 11.1. The lowest BCUT2D eigenvalue weighted by Crippen LogP contribution is -2.26. The molecule has 8 heteroatoms. The van der Waals surface area contributed by atoms with E-state index in [1.165, 1.54) is 11.8 Å². The van der Waals surface area contributed by atoms with Gasteiger partial charge >= 0.3 is 5.69 Å². The molecule has 0 saturated heterocycles. The number of hydrogen-bond acceptors (Lipinski definition) is 4. The number of nitrogens with zero attached hydrogens (tertiary/aromatic N) is 3. The predicted molar refractivity (Wildman–Crippen MR) is 140 cm³/mol. The summed E-state index contributed by atoms with van der Waals surface area (Å²) in [6.07, 6.45) is 4.41. The highest BCUT2D eigenvalue weighted by atomic mass is 35.5. The van der Waals surface area contributed by atoms with E-state index in [2.05, 4.69) is 17.2 Å². The first-order valence-corrected chi connectivity index (χ1v) is 12.7. The molecule has 0 amide bonds. The van der Waals surface area contributed by atoms with Crippen LogP contribution in [0.5, 0.6) is 0 Å². The van der Waals surface area contributed by atoms with Gasteiger partial charge < -0.3 is 5.32 Å². The topological polar surface area (TPSA) is 51.9 Å². The largest absolute Gasteiger partial charge is 0.329 e. The molecule has 0 aliphatic carbocycles. The molecule has 4 rings (SSSR count). The number of rotatable bonds is 10. The van der Waals surface area contributed by atoms with E-state index in [1.54, 1.807) is 18.5 Å². The van der Waals surface area contributed by atoms with Crippen LogP contribution >= 0.6 is 35.0 Å². The third-order valence-corrected chi connectivity index (χ3v) is 6.89. The molecule has 0 saturated carbocycles. The van der Waals surface area contributed by atoms with Gasteiger partial charge in [0.05, 0.1) is 12.2 Å². The average molecular weight is 513 g/mol. The maximum atomic E-state index is 13.6. The van der Waals surface area contributed by atoms with Crippen molar-refractivity contribution in [1.29, 1.82) is 0 Å². The monoisotopic (exact) mass is 512 g/mol. The summed E-state index contributed by atoms with van der Waals surface area (Å²) < 4.78 is 3.74. The van der Waals surface area contributed by atoms with Crippen LogP contribution < -0.4 is 11.0 Å². The molecule has 0 atom stereocenters. The maximum Gasteiger partial charge on any atom is 0.329 e. The average Bonchev–Trinajstić information content (AvgIpc) is 3.05. The van der Waals surface area contributed by atoms with Gasteiger partial charge in [0.1, 0.15) is 5.03 Å². The van der Waals surface area contributed by atoms with Crippen molar-refractivity contribution in [2.45, 2.75) is 49.4 Å². The standard InChI is InChI=1S/C26H26Cl2N4OS/c1-2-12-31-25(34-23-14-21(27)13-22(28)15-23)24(17-30-16-19-8-10-29-11-9-19)32(26(31)33)18-20-6-4-3-5-7-20/h3-11,13-15,30H,2,12,16-18H2,1H3. The van der Waals surface area contributed by atoms with Gasteiger partial charge in [0.15, 0.2) is 0 Å². The van der Waals surface area contributed by atoms with Crippen LogP contribution in [0.2, 0.25) is 10.0 Å². The highest BCUT2D eigenvalue weighted by molar-refractivity contribution is 7.99. The second kappa shape index (κ2) is 11.8.